The molecule has 2 heterocycles. The van der Waals surface area contributed by atoms with Crippen molar-refractivity contribution < 1.29 is 4.79 Å². The van der Waals surface area contributed by atoms with Gasteiger partial charge < -0.3 is 10.2 Å². The van der Waals surface area contributed by atoms with E-state index < -0.39 is 0 Å². The number of nitrogens with one attached hydrogen (secondary N) is 1. The molecule has 0 unspecified atom stereocenters. The summed E-state index contributed by atoms with van der Waals surface area (Å²) >= 11 is 4.73. The first-order valence-corrected chi connectivity index (χ1v) is 6.87. The van der Waals surface area contributed by atoms with Crippen molar-refractivity contribution in [3.8, 4) is 0 Å². The Hall–Kier alpha value is -1.40. The molecule has 4 nitrogen and oxygen atoms in total. The lowest BCUT2D eigenvalue weighted by molar-refractivity contribution is 0.103. The summed E-state index contributed by atoms with van der Waals surface area (Å²) in [4.78, 5) is 18.7. The Labute approximate surface area is 118 Å². The van der Waals surface area contributed by atoms with E-state index >= 15 is 0 Å². The van der Waals surface area contributed by atoms with Crippen LogP contribution in [0.3, 0.4) is 0 Å². The van der Waals surface area contributed by atoms with Gasteiger partial charge in [0.1, 0.15) is 5.82 Å². The van der Waals surface area contributed by atoms with Gasteiger partial charge in [-0.2, -0.15) is 0 Å². The van der Waals surface area contributed by atoms with E-state index in [1.807, 2.05) is 37.2 Å². The number of hydrogen-bond donors (Lipinski definition) is 1. The standard InChI is InChI=1S/C12H12BrN3OS/c1-16(2)11-6-3-8(7-14-11)15-12(17)9-4-5-10(13)18-9/h3-7H,1-2H3,(H,15,17). The number of thiophene rings is 1. The number of carbonyl (C=O) groups is 1. The first-order chi connectivity index (χ1) is 8.56. The Balaban J connectivity index is 2.07. The van der Waals surface area contributed by atoms with Crippen LogP contribution >= 0.6 is 27.3 Å². The van der Waals surface area contributed by atoms with Gasteiger partial charge in [-0.3, -0.25) is 4.79 Å². The van der Waals surface area contributed by atoms with Crippen LogP contribution in [0, 0.1) is 0 Å². The molecular weight excluding hydrogens is 314 g/mol. The van der Waals surface area contributed by atoms with E-state index in [-0.39, 0.29) is 5.91 Å². The lowest BCUT2D eigenvalue weighted by atomic mass is 10.3. The fourth-order valence-corrected chi connectivity index (χ4v) is 2.63. The molecule has 0 saturated carbocycles. The number of carbonyl (C=O) groups excluding carboxylic acids is 1. The Morgan fingerprint density at radius 2 is 2.11 bits per heavy atom. The number of anilines is 2. The average Bonchev–Trinajstić information content (AvgIpc) is 2.76. The monoisotopic (exact) mass is 325 g/mol. The van der Waals surface area contributed by atoms with Crippen LogP contribution < -0.4 is 10.2 Å². The number of rotatable bonds is 3. The minimum atomic E-state index is -0.120. The van der Waals surface area contributed by atoms with Crippen LogP contribution in [0.15, 0.2) is 34.2 Å². The van der Waals surface area contributed by atoms with Crippen LogP contribution in [0.2, 0.25) is 0 Å². The van der Waals surface area contributed by atoms with Gasteiger partial charge >= 0.3 is 0 Å². The van der Waals surface area contributed by atoms with Crippen molar-refractivity contribution in [2.45, 2.75) is 0 Å². The van der Waals surface area contributed by atoms with Crippen molar-refractivity contribution in [2.24, 2.45) is 0 Å². The molecule has 94 valence electrons. The SMILES string of the molecule is CN(C)c1ccc(NC(=O)c2ccc(Br)s2)cn1. The first kappa shape index (κ1) is 13.0. The topological polar surface area (TPSA) is 45.2 Å². The summed E-state index contributed by atoms with van der Waals surface area (Å²) < 4.78 is 0.939. The highest BCUT2D eigenvalue weighted by molar-refractivity contribution is 9.11. The molecule has 0 spiro atoms. The third kappa shape index (κ3) is 3.08. The molecule has 2 aromatic rings. The zero-order valence-electron chi connectivity index (χ0n) is 9.98. The summed E-state index contributed by atoms with van der Waals surface area (Å²) in [5, 5.41) is 2.81. The van der Waals surface area contributed by atoms with Gasteiger partial charge in [0.05, 0.1) is 20.5 Å². The molecule has 0 aliphatic rings. The smallest absolute Gasteiger partial charge is 0.265 e. The predicted octanol–water partition coefficient (Wildman–Crippen LogP) is 3.22. The van der Waals surface area contributed by atoms with Gasteiger partial charge in [-0.15, -0.1) is 11.3 Å². The summed E-state index contributed by atoms with van der Waals surface area (Å²) in [6, 6.07) is 7.33. The van der Waals surface area contributed by atoms with Crippen LogP contribution in [0.1, 0.15) is 9.67 Å². The van der Waals surface area contributed by atoms with Crippen molar-refractivity contribution in [1.29, 1.82) is 0 Å². The molecule has 0 saturated heterocycles. The van der Waals surface area contributed by atoms with Crippen molar-refractivity contribution in [1.82, 2.24) is 4.98 Å². The molecule has 2 aromatic heterocycles. The van der Waals surface area contributed by atoms with E-state index in [1.54, 1.807) is 12.3 Å². The molecule has 0 radical (unpaired) electrons. The highest BCUT2D eigenvalue weighted by Crippen LogP contribution is 2.23. The van der Waals surface area contributed by atoms with Gasteiger partial charge in [-0.25, -0.2) is 4.98 Å². The van der Waals surface area contributed by atoms with E-state index in [4.69, 9.17) is 0 Å². The molecule has 1 amide bonds. The van der Waals surface area contributed by atoms with Gasteiger partial charge in [-0.05, 0) is 40.2 Å². The van der Waals surface area contributed by atoms with E-state index in [2.05, 4.69) is 26.2 Å². The van der Waals surface area contributed by atoms with Crippen molar-refractivity contribution in [2.75, 3.05) is 24.3 Å². The molecule has 0 aromatic carbocycles. The number of aromatic nitrogens is 1. The van der Waals surface area contributed by atoms with Gasteiger partial charge in [0, 0.05) is 14.1 Å². The second-order valence-electron chi connectivity index (χ2n) is 3.86. The number of pyridine rings is 1. The first-order valence-electron chi connectivity index (χ1n) is 5.26. The van der Waals surface area contributed by atoms with E-state index in [0.717, 1.165) is 9.60 Å². The van der Waals surface area contributed by atoms with Crippen molar-refractivity contribution >= 4 is 44.7 Å². The van der Waals surface area contributed by atoms with Gasteiger partial charge in [-0.1, -0.05) is 0 Å². The zero-order chi connectivity index (χ0) is 13.1. The second-order valence-corrected chi connectivity index (χ2v) is 6.32. The van der Waals surface area contributed by atoms with Crippen LogP contribution in [-0.4, -0.2) is 25.0 Å². The Kier molecular flexibility index (Phi) is 3.98. The van der Waals surface area contributed by atoms with Crippen molar-refractivity contribution in [3.63, 3.8) is 0 Å². The number of amides is 1. The average molecular weight is 326 g/mol. The fourth-order valence-electron chi connectivity index (χ4n) is 1.35. The summed E-state index contributed by atoms with van der Waals surface area (Å²) in [5.41, 5.74) is 0.690. The maximum absolute atomic E-state index is 11.9. The Morgan fingerprint density at radius 1 is 1.33 bits per heavy atom. The van der Waals surface area contributed by atoms with Crippen LogP contribution in [0.5, 0.6) is 0 Å². The summed E-state index contributed by atoms with van der Waals surface area (Å²) in [5.74, 6) is 0.733. The zero-order valence-corrected chi connectivity index (χ0v) is 12.4. The minimum Gasteiger partial charge on any atom is -0.363 e. The molecule has 1 N–H and O–H groups in total. The molecule has 0 fully saturated rings. The van der Waals surface area contributed by atoms with Crippen LogP contribution in [0.25, 0.3) is 0 Å². The summed E-state index contributed by atoms with van der Waals surface area (Å²) in [6.07, 6.45) is 1.65. The largest absolute Gasteiger partial charge is 0.363 e. The second kappa shape index (κ2) is 5.49. The van der Waals surface area contributed by atoms with Crippen LogP contribution in [0.4, 0.5) is 11.5 Å². The molecule has 0 aliphatic heterocycles. The molecule has 6 heteroatoms. The highest BCUT2D eigenvalue weighted by Gasteiger charge is 2.09. The molecule has 2 rings (SSSR count). The van der Waals surface area contributed by atoms with Crippen LogP contribution in [-0.2, 0) is 0 Å². The van der Waals surface area contributed by atoms with E-state index in [9.17, 15) is 4.79 Å². The van der Waals surface area contributed by atoms with Gasteiger partial charge in [0.2, 0.25) is 0 Å². The lowest BCUT2D eigenvalue weighted by Crippen LogP contribution is -2.12. The fraction of sp³-hybridized carbons (Fsp3) is 0.167. The quantitative estimate of drug-likeness (QED) is 0.942. The Bertz CT molecular complexity index is 551. The molecule has 0 atom stereocenters. The maximum Gasteiger partial charge on any atom is 0.265 e. The van der Waals surface area contributed by atoms with Crippen molar-refractivity contribution in [3.05, 3.63) is 39.1 Å². The van der Waals surface area contributed by atoms with E-state index in [1.165, 1.54) is 11.3 Å². The number of nitrogens with zero attached hydrogens (tertiary/aromatic N) is 2. The maximum atomic E-state index is 11.9. The third-order valence-electron chi connectivity index (χ3n) is 2.26. The molecule has 18 heavy (non-hydrogen) atoms. The van der Waals surface area contributed by atoms with Gasteiger partial charge in [0.25, 0.3) is 5.91 Å². The highest BCUT2D eigenvalue weighted by atomic mass is 79.9. The van der Waals surface area contributed by atoms with E-state index in [0.29, 0.717) is 10.6 Å². The molecule has 0 aliphatic carbocycles. The third-order valence-corrected chi connectivity index (χ3v) is 3.88. The number of halogens is 1. The summed E-state index contributed by atoms with van der Waals surface area (Å²) in [6.45, 7) is 0. The predicted molar refractivity (Wildman–Crippen MR) is 78.5 cm³/mol. The van der Waals surface area contributed by atoms with Gasteiger partial charge in [0.15, 0.2) is 0 Å². The lowest BCUT2D eigenvalue weighted by Gasteiger charge is -2.11. The normalized spacial score (nSPS) is 10.2. The Morgan fingerprint density at radius 3 is 2.61 bits per heavy atom. The summed E-state index contributed by atoms with van der Waals surface area (Å²) in [7, 11) is 3.84. The molecule has 0 bridgehead atoms. The minimum absolute atomic E-state index is 0.120. The number of hydrogen-bond acceptors (Lipinski definition) is 4. The molecular formula is C12H12BrN3OS.